The first-order valence-corrected chi connectivity index (χ1v) is 24.9. The summed E-state index contributed by atoms with van der Waals surface area (Å²) < 4.78 is 17.0. The van der Waals surface area contributed by atoms with Gasteiger partial charge in [0.1, 0.15) is 29.2 Å². The fraction of sp³-hybridized carbons (Fsp3) is 0.436. The lowest BCUT2D eigenvalue weighted by atomic mass is 9.77. The Morgan fingerprint density at radius 3 is 1.76 bits per heavy atom. The first-order chi connectivity index (χ1) is 34.6. The summed E-state index contributed by atoms with van der Waals surface area (Å²) in [6, 6.07) is 25.3. The summed E-state index contributed by atoms with van der Waals surface area (Å²) in [5, 5.41) is 25.1. The lowest BCUT2D eigenvalue weighted by molar-refractivity contribution is -0.150. The molecule has 5 N–H and O–H groups in total. The molecule has 4 aromatic carbocycles. The molecule has 0 bridgehead atoms. The number of anilines is 2. The topological polar surface area (TPSA) is 224 Å². The van der Waals surface area contributed by atoms with Gasteiger partial charge in [0.25, 0.3) is 0 Å². The van der Waals surface area contributed by atoms with Crippen LogP contribution >= 0.6 is 0 Å². The Balaban J connectivity index is 0.000000153. The number of carboxylic acid groups (broad SMARTS) is 1. The first kappa shape index (κ1) is 50.9. The van der Waals surface area contributed by atoms with Gasteiger partial charge >= 0.3 is 12.1 Å². The monoisotopic (exact) mass is 982 g/mol. The van der Waals surface area contributed by atoms with Crippen molar-refractivity contribution in [2.45, 2.75) is 126 Å². The van der Waals surface area contributed by atoms with Crippen molar-refractivity contribution in [3.63, 3.8) is 0 Å². The molecule has 6 aromatic rings. The molecule has 0 spiro atoms. The van der Waals surface area contributed by atoms with Crippen LogP contribution < -0.4 is 20.5 Å². The number of aromatic nitrogens is 4. The van der Waals surface area contributed by atoms with E-state index in [1.807, 2.05) is 92.4 Å². The number of carbonyl (C=O) groups excluding carboxylic acids is 4. The van der Waals surface area contributed by atoms with Crippen LogP contribution in [0.3, 0.4) is 0 Å². The number of ether oxygens (including phenoxy) is 3. The van der Waals surface area contributed by atoms with Crippen LogP contribution in [0.25, 0.3) is 21.8 Å². The molecule has 17 nitrogen and oxygen atoms in total. The highest BCUT2D eigenvalue weighted by Crippen LogP contribution is 2.46. The number of H-pyrrole nitrogens is 1. The number of nitrogens with two attached hydrogens (primary N) is 1. The molecule has 10 rings (SSSR count). The Hall–Kier alpha value is -7.43. The van der Waals surface area contributed by atoms with E-state index >= 15 is 0 Å². The van der Waals surface area contributed by atoms with E-state index in [9.17, 15) is 29.1 Å². The van der Waals surface area contributed by atoms with E-state index in [-0.39, 0.29) is 17.7 Å². The third kappa shape index (κ3) is 10.7. The molecule has 2 saturated carbocycles. The van der Waals surface area contributed by atoms with Crippen LogP contribution in [0.15, 0.2) is 97.3 Å². The quantitative estimate of drug-likeness (QED) is 0.0997. The molecule has 0 radical (unpaired) electrons. The third-order valence-electron chi connectivity index (χ3n) is 14.5. The summed E-state index contributed by atoms with van der Waals surface area (Å²) in [6.45, 7) is 6.61. The summed E-state index contributed by atoms with van der Waals surface area (Å²) in [6.07, 6.45) is 13.0. The zero-order valence-electron chi connectivity index (χ0n) is 41.8. The van der Waals surface area contributed by atoms with Crippen LogP contribution in [-0.4, -0.2) is 110 Å². The Kier molecular flexibility index (Phi) is 15.2. The van der Waals surface area contributed by atoms with E-state index in [4.69, 9.17) is 19.9 Å². The highest BCUT2D eigenvalue weighted by atomic mass is 16.6. The van der Waals surface area contributed by atoms with Crippen LogP contribution in [-0.2, 0) is 34.7 Å². The molecule has 2 aliphatic heterocycles. The average molecular weight is 983 g/mol. The number of carbonyl (C=O) groups is 5. The van der Waals surface area contributed by atoms with Crippen molar-refractivity contribution in [2.75, 3.05) is 38.4 Å². The van der Waals surface area contributed by atoms with Crippen molar-refractivity contribution >= 4 is 63.0 Å². The van der Waals surface area contributed by atoms with Gasteiger partial charge in [0, 0.05) is 35.2 Å². The van der Waals surface area contributed by atoms with E-state index < -0.39 is 40.6 Å². The highest BCUT2D eigenvalue weighted by Gasteiger charge is 2.50. The van der Waals surface area contributed by atoms with Crippen LogP contribution in [0, 0.1) is 0 Å². The maximum Gasteiger partial charge on any atom is 0.435 e. The van der Waals surface area contributed by atoms with Crippen LogP contribution in [0.1, 0.15) is 109 Å². The number of likely N-dealkylation sites (tertiary alicyclic amines) is 2. The number of carboxylic acids is 1. The number of rotatable bonds is 9. The van der Waals surface area contributed by atoms with Gasteiger partial charge in [-0.1, -0.05) is 49.9 Å². The maximum atomic E-state index is 13.9. The predicted molar refractivity (Wildman–Crippen MR) is 274 cm³/mol. The molecule has 380 valence electrons. The predicted octanol–water partition coefficient (Wildman–Crippen LogP) is 9.00. The molecule has 2 atom stereocenters. The van der Waals surface area contributed by atoms with Crippen molar-refractivity contribution in [1.29, 1.82) is 0 Å². The molecule has 0 unspecified atom stereocenters. The lowest BCUT2D eigenvalue weighted by Crippen LogP contribution is -2.51. The van der Waals surface area contributed by atoms with Gasteiger partial charge < -0.3 is 40.2 Å². The molecule has 72 heavy (non-hydrogen) atoms. The summed E-state index contributed by atoms with van der Waals surface area (Å²) in [7, 11) is 3.26. The van der Waals surface area contributed by atoms with Crippen molar-refractivity contribution in [3.8, 4) is 11.5 Å². The molecule has 17 heteroatoms. The number of aromatic amines is 1. The van der Waals surface area contributed by atoms with E-state index in [0.29, 0.717) is 42.8 Å². The molecule has 4 fully saturated rings. The van der Waals surface area contributed by atoms with Crippen molar-refractivity contribution in [3.05, 3.63) is 108 Å². The Bertz CT molecular complexity index is 2890. The molecule has 2 aliphatic carbocycles. The SMILES string of the molecule is CC(C)(C)OC(=O)n1ncc2cc(N)ccc21.COc1ccc(C2(C(=O)N3CCC[C@@H]3C(=O)Nc3ccc4[nH]ncc4c3)CCCC2)cc1.COc1ccc(C2(C(=O)N3CCC[C@@H]3C(=O)O)CCCC2)cc1. The fourth-order valence-corrected chi connectivity index (χ4v) is 10.9. The molecule has 4 aliphatic rings. The second-order valence-electron chi connectivity index (χ2n) is 20.2. The molecule has 4 heterocycles. The second-order valence-corrected chi connectivity index (χ2v) is 20.2. The maximum absolute atomic E-state index is 13.9. The number of nitrogen functional groups attached to an aromatic ring is 1. The molecular weight excluding hydrogens is 917 g/mol. The first-order valence-electron chi connectivity index (χ1n) is 24.9. The number of nitrogens with one attached hydrogen (secondary N) is 2. The van der Waals surface area contributed by atoms with Gasteiger partial charge in [0.15, 0.2) is 0 Å². The van der Waals surface area contributed by atoms with Crippen molar-refractivity contribution in [2.24, 2.45) is 0 Å². The van der Waals surface area contributed by atoms with Crippen molar-refractivity contribution < 1.29 is 43.3 Å². The van der Waals surface area contributed by atoms with Gasteiger partial charge in [-0.05, 0) is 144 Å². The normalized spacial score (nSPS) is 19.0. The van der Waals surface area contributed by atoms with Gasteiger partial charge in [-0.25, -0.2) is 9.59 Å². The number of hydrogen-bond donors (Lipinski definition) is 4. The summed E-state index contributed by atoms with van der Waals surface area (Å²) in [5.74, 6) is 0.606. The number of fused-ring (bicyclic) bond motifs is 2. The molecule has 3 amide bonds. The van der Waals surface area contributed by atoms with Crippen LogP contribution in [0.4, 0.5) is 16.2 Å². The zero-order chi connectivity index (χ0) is 51.2. The van der Waals surface area contributed by atoms with Gasteiger partial charge in [-0.2, -0.15) is 14.9 Å². The average Bonchev–Trinajstić information content (AvgIpc) is 4.24. The molecule has 2 aromatic heterocycles. The number of aliphatic carboxylic acids is 1. The Labute approximate surface area is 419 Å². The molecular formula is C55H66N8O9. The summed E-state index contributed by atoms with van der Waals surface area (Å²) >= 11 is 0. The zero-order valence-corrected chi connectivity index (χ0v) is 41.8. The second kappa shape index (κ2) is 21.5. The van der Waals surface area contributed by atoms with Gasteiger partial charge in [0.2, 0.25) is 17.7 Å². The minimum absolute atomic E-state index is 0.00920. The fourth-order valence-electron chi connectivity index (χ4n) is 10.9. The largest absolute Gasteiger partial charge is 0.497 e. The van der Waals surface area contributed by atoms with Crippen molar-refractivity contribution in [1.82, 2.24) is 29.8 Å². The van der Waals surface area contributed by atoms with E-state index in [2.05, 4.69) is 20.6 Å². The standard InChI is InChI=1S/C25H28N4O3.C18H23NO4.C12H15N3O2/c1-32-20-9-6-18(7-10-20)25(12-2-3-13-25)24(31)29-14-4-5-22(29)23(30)27-19-8-11-21-17(15-19)16-26-28-21;1-23-14-8-6-13(7-9-14)18(10-2-3-11-18)17(22)19-12-4-5-15(19)16(20)21;1-12(2,3)17-11(16)15-10-5-4-9(13)6-8(10)7-14-15/h6-11,15-16,22H,2-5,12-14H2,1H3,(H,26,28)(H,27,30);6-9,15H,2-5,10-12H2,1H3,(H,20,21);4-7H,13H2,1-3H3/t22-;15-;/m11./s1. The van der Waals surface area contributed by atoms with E-state index in [0.717, 1.165) is 103 Å². The number of amides is 3. The Morgan fingerprint density at radius 1 is 0.694 bits per heavy atom. The number of nitrogens with zero attached hydrogens (tertiary/aromatic N) is 5. The van der Waals surface area contributed by atoms with Gasteiger partial charge in [-0.15, -0.1) is 0 Å². The lowest BCUT2D eigenvalue weighted by Gasteiger charge is -2.35. The minimum atomic E-state index is -0.890. The smallest absolute Gasteiger partial charge is 0.435 e. The Morgan fingerprint density at radius 2 is 1.24 bits per heavy atom. The highest BCUT2D eigenvalue weighted by molar-refractivity contribution is 6.00. The summed E-state index contributed by atoms with van der Waals surface area (Å²) in [4.78, 5) is 67.1. The van der Waals surface area contributed by atoms with Crippen LogP contribution in [0.2, 0.25) is 0 Å². The van der Waals surface area contributed by atoms with Crippen LogP contribution in [0.5, 0.6) is 11.5 Å². The van der Waals surface area contributed by atoms with E-state index in [1.165, 1.54) is 4.68 Å². The minimum Gasteiger partial charge on any atom is -0.497 e. The summed E-state index contributed by atoms with van der Waals surface area (Å²) in [5.41, 5.74) is 8.98. The van der Waals surface area contributed by atoms with Gasteiger partial charge in [0.05, 0.1) is 48.5 Å². The number of methoxy groups -OCH3 is 2. The number of hydrogen-bond acceptors (Lipinski definition) is 11. The number of benzene rings is 4. The van der Waals surface area contributed by atoms with Gasteiger partial charge in [-0.3, -0.25) is 19.5 Å². The third-order valence-corrected chi connectivity index (χ3v) is 14.5. The van der Waals surface area contributed by atoms with E-state index in [1.54, 1.807) is 49.7 Å². The molecule has 2 saturated heterocycles.